The maximum absolute atomic E-state index is 12.9. The molecule has 0 aliphatic rings. The van der Waals surface area contributed by atoms with Crippen LogP contribution in [-0.4, -0.2) is 23.3 Å². The van der Waals surface area contributed by atoms with E-state index < -0.39 is 0 Å². The van der Waals surface area contributed by atoms with Crippen LogP contribution < -0.4 is 20.5 Å². The molecular weight excluding hydrogens is 426 g/mol. The van der Waals surface area contributed by atoms with Crippen molar-refractivity contribution in [3.05, 3.63) is 77.8 Å². The highest BCUT2D eigenvalue weighted by Gasteiger charge is 2.22. The van der Waals surface area contributed by atoms with Crippen molar-refractivity contribution in [2.24, 2.45) is 0 Å². The number of amides is 1. The van der Waals surface area contributed by atoms with Crippen LogP contribution in [0.4, 0.5) is 11.6 Å². The number of fused-ring (bicyclic) bond motifs is 1. The molecule has 3 aromatic heterocycles. The summed E-state index contributed by atoms with van der Waals surface area (Å²) in [6.45, 7) is 0. The number of hydrogen-bond donors (Lipinski definition) is 2. The second-order valence-corrected chi connectivity index (χ2v) is 7.89. The highest BCUT2D eigenvalue weighted by Crippen LogP contribution is 2.36. The van der Waals surface area contributed by atoms with E-state index in [4.69, 9.17) is 20.0 Å². The molecule has 0 unspecified atom stereocenters. The van der Waals surface area contributed by atoms with Crippen LogP contribution in [-0.2, 0) is 0 Å². The summed E-state index contributed by atoms with van der Waals surface area (Å²) < 4.78 is 12.2. The predicted octanol–water partition coefficient (Wildman–Crippen LogP) is 4.07. The number of anilines is 2. The average Bonchev–Trinajstić information content (AvgIpc) is 3.44. The van der Waals surface area contributed by atoms with Crippen molar-refractivity contribution in [2.45, 2.75) is 0 Å². The molecule has 158 valence electrons. The number of carbonyl (C=O) groups excluding carboxylic acids is 1. The van der Waals surface area contributed by atoms with Gasteiger partial charge >= 0.3 is 5.88 Å². The molecule has 5 rings (SSSR count). The molecule has 0 bridgehead atoms. The fourth-order valence-electron chi connectivity index (χ4n) is 3.34. The summed E-state index contributed by atoms with van der Waals surface area (Å²) in [5.74, 6) is 0.540. The summed E-state index contributed by atoms with van der Waals surface area (Å²) in [4.78, 5) is 18.6. The minimum Gasteiger partial charge on any atom is -0.496 e. The zero-order valence-corrected chi connectivity index (χ0v) is 17.8. The van der Waals surface area contributed by atoms with Crippen LogP contribution in [0.25, 0.3) is 27.2 Å². The Morgan fingerprint density at radius 2 is 1.88 bits per heavy atom. The van der Waals surface area contributed by atoms with Crippen LogP contribution in [0.5, 0.6) is 5.75 Å². The number of nitrogens with zero attached hydrogens (tertiary/aromatic N) is 3. The van der Waals surface area contributed by atoms with Gasteiger partial charge in [0.15, 0.2) is 0 Å². The van der Waals surface area contributed by atoms with Crippen LogP contribution in [0.3, 0.4) is 0 Å². The quantitative estimate of drug-likeness (QED) is 0.396. The molecule has 9 heteroatoms. The summed E-state index contributed by atoms with van der Waals surface area (Å²) in [7, 11) is 1.62. The first-order chi connectivity index (χ1) is 15.6. The van der Waals surface area contributed by atoms with Gasteiger partial charge in [0.2, 0.25) is 11.0 Å². The van der Waals surface area contributed by atoms with Gasteiger partial charge < -0.3 is 10.5 Å². The molecule has 0 fully saturated rings. The summed E-state index contributed by atoms with van der Waals surface area (Å²) in [5, 5.41) is 7.36. The Hall–Kier alpha value is -4.24. The lowest BCUT2D eigenvalue weighted by molar-refractivity contribution is -0.670. The van der Waals surface area contributed by atoms with Crippen LogP contribution in [0.1, 0.15) is 9.67 Å². The van der Waals surface area contributed by atoms with Gasteiger partial charge in [0.25, 0.3) is 12.1 Å². The number of hydrogen-bond acceptors (Lipinski definition) is 7. The van der Waals surface area contributed by atoms with Gasteiger partial charge in [0, 0.05) is 23.1 Å². The Kier molecular flexibility index (Phi) is 5.00. The summed E-state index contributed by atoms with van der Waals surface area (Å²) >= 11 is 1.22. The molecule has 2 aromatic carbocycles. The molecular formula is C23H18N5O3S+. The number of nitrogens with two attached hydrogens (primary N) is 1. The molecule has 3 N–H and O–H groups in total. The third-order valence-corrected chi connectivity index (χ3v) is 6.02. The first-order valence-electron chi connectivity index (χ1n) is 9.72. The number of ether oxygens (including phenoxy) is 1. The largest absolute Gasteiger partial charge is 0.496 e. The standard InChI is InChI=1S/C23H17N5O3S/c1-30-18-10-6-5-9-15(18)17-12-11-16-20(24)21(32-23(16)25-17)22(29)26-19-13-28(27-31-19)14-7-3-2-4-8-14/h2-13H,1H3,(H2-,24,26,27,29)/p+1. The van der Waals surface area contributed by atoms with Gasteiger partial charge in [-0.15, -0.1) is 11.3 Å². The molecule has 8 nitrogen and oxygen atoms in total. The minimum absolute atomic E-state index is 0.207. The lowest BCUT2D eigenvalue weighted by Crippen LogP contribution is -2.31. The highest BCUT2D eigenvalue weighted by molar-refractivity contribution is 7.21. The highest BCUT2D eigenvalue weighted by atomic mass is 32.1. The maximum atomic E-state index is 12.9. The molecule has 0 radical (unpaired) electrons. The number of para-hydroxylation sites is 2. The average molecular weight is 444 g/mol. The normalized spacial score (nSPS) is 10.9. The fourth-order valence-corrected chi connectivity index (χ4v) is 4.33. The number of nitrogen functional groups attached to an aromatic ring is 1. The van der Waals surface area contributed by atoms with Gasteiger partial charge in [-0.25, -0.2) is 4.98 Å². The van der Waals surface area contributed by atoms with Gasteiger partial charge in [0.05, 0.1) is 18.5 Å². The monoisotopic (exact) mass is 444 g/mol. The van der Waals surface area contributed by atoms with E-state index in [1.807, 2.05) is 66.7 Å². The van der Waals surface area contributed by atoms with Gasteiger partial charge in [-0.2, -0.15) is 0 Å². The van der Waals surface area contributed by atoms with Crippen LogP contribution in [0, 0.1) is 0 Å². The fraction of sp³-hybridized carbons (Fsp3) is 0.0435. The number of rotatable bonds is 5. The lowest BCUT2D eigenvalue weighted by atomic mass is 10.1. The van der Waals surface area contributed by atoms with Crippen molar-refractivity contribution in [3.8, 4) is 22.7 Å². The SMILES string of the molecule is COc1ccccc1-c1ccc2c(N)c(C(=O)Nc3c[n+](-c4ccccc4)no3)sc2n1. The van der Waals surface area contributed by atoms with Gasteiger partial charge in [0.1, 0.15) is 15.5 Å². The molecule has 0 spiro atoms. The Labute approximate surface area is 186 Å². The maximum Gasteiger partial charge on any atom is 0.303 e. The number of pyridine rings is 1. The molecule has 0 aliphatic heterocycles. The van der Waals surface area contributed by atoms with E-state index in [1.165, 1.54) is 16.0 Å². The molecule has 32 heavy (non-hydrogen) atoms. The number of methoxy groups -OCH3 is 1. The van der Waals surface area contributed by atoms with Gasteiger partial charge in [-0.05, 0) is 28.9 Å². The second kappa shape index (κ2) is 8.12. The summed E-state index contributed by atoms with van der Waals surface area (Å²) in [5.41, 5.74) is 9.05. The van der Waals surface area contributed by atoms with E-state index in [2.05, 4.69) is 10.6 Å². The van der Waals surface area contributed by atoms with Crippen molar-refractivity contribution in [2.75, 3.05) is 18.2 Å². The zero-order chi connectivity index (χ0) is 22.1. The van der Waals surface area contributed by atoms with Crippen molar-refractivity contribution >= 4 is 39.0 Å². The van der Waals surface area contributed by atoms with E-state index in [0.29, 0.717) is 15.4 Å². The van der Waals surface area contributed by atoms with Gasteiger partial charge in [-0.1, -0.05) is 30.3 Å². The second-order valence-electron chi connectivity index (χ2n) is 6.89. The first kappa shape index (κ1) is 19.7. The lowest BCUT2D eigenvalue weighted by Gasteiger charge is -2.07. The third kappa shape index (κ3) is 3.54. The van der Waals surface area contributed by atoms with Crippen molar-refractivity contribution in [3.63, 3.8) is 0 Å². The molecule has 0 saturated carbocycles. The molecule has 0 aliphatic carbocycles. The Bertz CT molecular complexity index is 1430. The minimum atomic E-state index is -0.388. The predicted molar refractivity (Wildman–Crippen MR) is 122 cm³/mol. The molecule has 0 atom stereocenters. The van der Waals surface area contributed by atoms with Crippen molar-refractivity contribution < 1.29 is 18.7 Å². The Balaban J connectivity index is 1.44. The van der Waals surface area contributed by atoms with Crippen molar-refractivity contribution in [1.29, 1.82) is 0 Å². The molecule has 3 heterocycles. The Morgan fingerprint density at radius 3 is 2.69 bits per heavy atom. The topological polar surface area (TPSA) is 107 Å². The molecule has 1 amide bonds. The van der Waals surface area contributed by atoms with E-state index in [-0.39, 0.29) is 11.8 Å². The van der Waals surface area contributed by atoms with Crippen molar-refractivity contribution in [1.82, 2.24) is 10.3 Å². The van der Waals surface area contributed by atoms with Crippen LogP contribution in [0.15, 0.2) is 77.4 Å². The number of carbonyl (C=O) groups is 1. The number of aromatic nitrogens is 3. The third-order valence-electron chi connectivity index (χ3n) is 4.91. The molecule has 5 aromatic rings. The summed E-state index contributed by atoms with van der Waals surface area (Å²) in [6, 6.07) is 20.8. The Morgan fingerprint density at radius 1 is 1.09 bits per heavy atom. The van der Waals surface area contributed by atoms with E-state index in [1.54, 1.807) is 13.3 Å². The van der Waals surface area contributed by atoms with Gasteiger partial charge in [-0.3, -0.25) is 14.6 Å². The van der Waals surface area contributed by atoms with E-state index in [0.717, 1.165) is 28.1 Å². The zero-order valence-electron chi connectivity index (χ0n) is 17.0. The van der Waals surface area contributed by atoms with E-state index in [9.17, 15) is 4.79 Å². The van der Waals surface area contributed by atoms with Crippen LogP contribution >= 0.6 is 11.3 Å². The molecule has 0 saturated heterocycles. The number of nitrogens with one attached hydrogen (secondary N) is 1. The smallest absolute Gasteiger partial charge is 0.303 e. The van der Waals surface area contributed by atoms with E-state index >= 15 is 0 Å². The van der Waals surface area contributed by atoms with Crippen LogP contribution in [0.2, 0.25) is 0 Å². The first-order valence-corrected chi connectivity index (χ1v) is 10.5. The number of benzene rings is 2. The number of thiophene rings is 1. The summed E-state index contributed by atoms with van der Waals surface area (Å²) in [6.07, 6.45) is 1.59.